The quantitative estimate of drug-likeness (QED) is 0.867. The largest absolute Gasteiger partial charge is 0.352 e. The molecule has 1 fully saturated rings. The number of rotatable bonds is 5. The molecule has 1 atom stereocenters. The minimum Gasteiger partial charge on any atom is -0.352 e. The highest BCUT2D eigenvalue weighted by Gasteiger charge is 2.26. The Morgan fingerprint density at radius 1 is 1.33 bits per heavy atom. The maximum atomic E-state index is 12.5. The molecule has 1 aromatic carbocycles. The lowest BCUT2D eigenvalue weighted by atomic mass is 9.93. The Kier molecular flexibility index (Phi) is 5.99. The number of aryl methyl sites for hydroxylation is 1. The van der Waals surface area contributed by atoms with E-state index < -0.39 is 0 Å². The van der Waals surface area contributed by atoms with E-state index in [4.69, 9.17) is 0 Å². The number of carbonyl (C=O) groups is 2. The molecule has 0 aromatic heterocycles. The Hall–Kier alpha value is -1.88. The molecule has 1 aliphatic rings. The van der Waals surface area contributed by atoms with Crippen molar-refractivity contribution in [2.24, 2.45) is 0 Å². The minimum absolute atomic E-state index is 0.0343. The predicted octanol–water partition coefficient (Wildman–Crippen LogP) is 1.95. The fourth-order valence-electron chi connectivity index (χ4n) is 3.15. The Labute approximate surface area is 144 Å². The highest BCUT2D eigenvalue weighted by Crippen LogP contribution is 2.21. The van der Waals surface area contributed by atoms with Crippen molar-refractivity contribution in [3.05, 3.63) is 35.4 Å². The molecule has 1 heterocycles. The van der Waals surface area contributed by atoms with Crippen molar-refractivity contribution >= 4 is 11.8 Å². The van der Waals surface area contributed by atoms with Crippen LogP contribution in [0.4, 0.5) is 0 Å². The summed E-state index contributed by atoms with van der Waals surface area (Å²) >= 11 is 0. The van der Waals surface area contributed by atoms with Crippen molar-refractivity contribution in [2.75, 3.05) is 19.6 Å². The van der Waals surface area contributed by atoms with Gasteiger partial charge >= 0.3 is 0 Å². The molecule has 0 aliphatic carbocycles. The molecule has 0 unspecified atom stereocenters. The van der Waals surface area contributed by atoms with E-state index in [-0.39, 0.29) is 23.4 Å². The molecule has 132 valence electrons. The predicted molar refractivity (Wildman–Crippen MR) is 95.6 cm³/mol. The molecule has 5 heteroatoms. The number of amides is 2. The van der Waals surface area contributed by atoms with Gasteiger partial charge in [-0.15, -0.1) is 0 Å². The summed E-state index contributed by atoms with van der Waals surface area (Å²) in [5, 5.41) is 6.29. The van der Waals surface area contributed by atoms with Crippen molar-refractivity contribution < 1.29 is 9.59 Å². The molecule has 1 saturated heterocycles. The number of benzene rings is 1. The third kappa shape index (κ3) is 5.06. The first kappa shape index (κ1) is 18.5. The highest BCUT2D eigenvalue weighted by atomic mass is 16.2. The maximum Gasteiger partial charge on any atom is 0.236 e. The van der Waals surface area contributed by atoms with Gasteiger partial charge in [0.2, 0.25) is 11.8 Å². The Morgan fingerprint density at radius 2 is 2.08 bits per heavy atom. The second-order valence-electron chi connectivity index (χ2n) is 7.23. The Balaban J connectivity index is 1.91. The van der Waals surface area contributed by atoms with Crippen LogP contribution in [0.2, 0.25) is 0 Å². The molecule has 24 heavy (non-hydrogen) atoms. The third-order valence-electron chi connectivity index (χ3n) is 4.60. The van der Waals surface area contributed by atoms with E-state index in [0.29, 0.717) is 13.1 Å². The van der Waals surface area contributed by atoms with Gasteiger partial charge in [-0.25, -0.2) is 0 Å². The van der Waals surface area contributed by atoms with Crippen LogP contribution in [0.5, 0.6) is 0 Å². The van der Waals surface area contributed by atoms with E-state index in [2.05, 4.69) is 49.6 Å². The molecule has 1 aromatic rings. The lowest BCUT2D eigenvalue weighted by molar-refractivity contribution is -0.132. The average Bonchev–Trinajstić information content (AvgIpc) is 2.52. The van der Waals surface area contributed by atoms with Crippen LogP contribution in [0.3, 0.4) is 0 Å². The van der Waals surface area contributed by atoms with Gasteiger partial charge in [0.1, 0.15) is 0 Å². The summed E-state index contributed by atoms with van der Waals surface area (Å²) in [6.07, 6.45) is 1.86. The van der Waals surface area contributed by atoms with Gasteiger partial charge in [0, 0.05) is 31.6 Å². The normalized spacial score (nSPS) is 18.3. The molecule has 1 aliphatic heterocycles. The van der Waals surface area contributed by atoms with E-state index in [1.54, 1.807) is 0 Å². The van der Waals surface area contributed by atoms with E-state index in [9.17, 15) is 9.59 Å². The highest BCUT2D eigenvalue weighted by molar-refractivity contribution is 5.79. The third-order valence-corrected chi connectivity index (χ3v) is 4.60. The van der Waals surface area contributed by atoms with E-state index >= 15 is 0 Å². The van der Waals surface area contributed by atoms with E-state index in [1.165, 1.54) is 18.1 Å². The van der Waals surface area contributed by atoms with Crippen LogP contribution in [-0.2, 0) is 15.1 Å². The lowest BCUT2D eigenvalue weighted by Gasteiger charge is -2.34. The molecule has 0 saturated carbocycles. The van der Waals surface area contributed by atoms with E-state index in [0.717, 1.165) is 19.4 Å². The zero-order valence-electron chi connectivity index (χ0n) is 15.2. The molecule has 2 rings (SSSR count). The SMILES string of the molecule is CC(=O)N[C@H]1CCCN(C(=O)CNC(C)(C)c2cccc(C)c2)C1. The summed E-state index contributed by atoms with van der Waals surface area (Å²) in [6, 6.07) is 8.41. The number of nitrogens with zero attached hydrogens (tertiary/aromatic N) is 1. The molecule has 2 amide bonds. The number of nitrogens with one attached hydrogen (secondary N) is 2. The van der Waals surface area contributed by atoms with Gasteiger partial charge in [-0.1, -0.05) is 29.8 Å². The molecule has 2 N–H and O–H groups in total. The van der Waals surface area contributed by atoms with E-state index in [1.807, 2.05) is 11.0 Å². The summed E-state index contributed by atoms with van der Waals surface area (Å²) in [4.78, 5) is 25.6. The van der Waals surface area contributed by atoms with Crippen molar-refractivity contribution in [3.8, 4) is 0 Å². The molecular formula is C19H29N3O2. The monoisotopic (exact) mass is 331 g/mol. The van der Waals surface area contributed by atoms with Gasteiger partial charge < -0.3 is 10.2 Å². The number of hydrogen-bond acceptors (Lipinski definition) is 3. The molecule has 0 radical (unpaired) electrons. The molecule has 5 nitrogen and oxygen atoms in total. The van der Waals surface area contributed by atoms with Crippen molar-refractivity contribution in [1.29, 1.82) is 0 Å². The zero-order valence-corrected chi connectivity index (χ0v) is 15.2. The summed E-state index contributed by atoms with van der Waals surface area (Å²) < 4.78 is 0. The molecule has 0 spiro atoms. The van der Waals surface area contributed by atoms with Crippen molar-refractivity contribution in [2.45, 2.75) is 52.1 Å². The minimum atomic E-state index is -0.269. The first-order valence-corrected chi connectivity index (χ1v) is 8.65. The van der Waals surface area contributed by atoms with Crippen molar-refractivity contribution in [1.82, 2.24) is 15.5 Å². The Morgan fingerprint density at radius 3 is 2.75 bits per heavy atom. The van der Waals surface area contributed by atoms with Crippen LogP contribution < -0.4 is 10.6 Å². The van der Waals surface area contributed by atoms with Gasteiger partial charge in [0.25, 0.3) is 0 Å². The number of likely N-dealkylation sites (tertiary alicyclic amines) is 1. The number of carbonyl (C=O) groups excluding carboxylic acids is 2. The van der Waals surface area contributed by atoms with Crippen LogP contribution in [0.25, 0.3) is 0 Å². The number of piperidine rings is 1. The number of hydrogen-bond donors (Lipinski definition) is 2. The summed E-state index contributed by atoms with van der Waals surface area (Å²) in [5.41, 5.74) is 2.11. The smallest absolute Gasteiger partial charge is 0.236 e. The summed E-state index contributed by atoms with van der Waals surface area (Å²) in [7, 11) is 0. The second-order valence-corrected chi connectivity index (χ2v) is 7.23. The van der Waals surface area contributed by atoms with Gasteiger partial charge in [0.05, 0.1) is 6.54 Å². The van der Waals surface area contributed by atoms with Gasteiger partial charge in [-0.2, -0.15) is 0 Å². The second kappa shape index (κ2) is 7.79. The standard InChI is InChI=1S/C19H29N3O2/c1-14-7-5-8-16(11-14)19(3,4)20-12-18(24)22-10-6-9-17(13-22)21-15(2)23/h5,7-8,11,17,20H,6,9-10,12-13H2,1-4H3,(H,21,23)/t17-/m0/s1. The fourth-order valence-corrected chi connectivity index (χ4v) is 3.15. The van der Waals surface area contributed by atoms with Crippen LogP contribution >= 0.6 is 0 Å². The summed E-state index contributed by atoms with van der Waals surface area (Å²) in [6.45, 7) is 9.43. The lowest BCUT2D eigenvalue weighted by Crippen LogP contribution is -2.52. The summed E-state index contributed by atoms with van der Waals surface area (Å²) in [5.74, 6) is 0.0544. The molecular weight excluding hydrogens is 302 g/mol. The molecule has 0 bridgehead atoms. The van der Waals surface area contributed by atoms with Crippen LogP contribution in [0, 0.1) is 6.92 Å². The van der Waals surface area contributed by atoms with Crippen LogP contribution in [0.15, 0.2) is 24.3 Å². The van der Waals surface area contributed by atoms with Crippen molar-refractivity contribution in [3.63, 3.8) is 0 Å². The maximum absolute atomic E-state index is 12.5. The Bertz CT molecular complexity index is 598. The van der Waals surface area contributed by atoms with Crippen LogP contribution in [0.1, 0.15) is 44.7 Å². The average molecular weight is 331 g/mol. The fraction of sp³-hybridized carbons (Fsp3) is 0.579. The topological polar surface area (TPSA) is 61.4 Å². The van der Waals surface area contributed by atoms with Gasteiger partial charge in [-0.3, -0.25) is 14.9 Å². The van der Waals surface area contributed by atoms with Gasteiger partial charge in [-0.05, 0) is 39.2 Å². The first-order chi connectivity index (χ1) is 11.3. The van der Waals surface area contributed by atoms with Crippen LogP contribution in [-0.4, -0.2) is 42.4 Å². The van der Waals surface area contributed by atoms with Gasteiger partial charge in [0.15, 0.2) is 0 Å². The first-order valence-electron chi connectivity index (χ1n) is 8.65. The zero-order chi connectivity index (χ0) is 17.7.